The zero-order valence-corrected chi connectivity index (χ0v) is 73.6. The second-order valence-corrected chi connectivity index (χ2v) is 31.0. The Morgan fingerprint density at radius 3 is 0.985 bits per heavy atom. The topological polar surface area (TPSA) is 919 Å². The van der Waals surface area contributed by atoms with Gasteiger partial charge in [0.05, 0.1) is 86.0 Å². The summed E-state index contributed by atoms with van der Waals surface area (Å²) in [6.07, 6.45) is -35.6. The fraction of sp³-hybridized carbons (Fsp3) is 0.882. The highest BCUT2D eigenvalue weighted by atomic mass is 19.3. The summed E-state index contributed by atoms with van der Waals surface area (Å²) in [5.41, 5.74) is 110. The molecule has 4 aliphatic carbocycles. The van der Waals surface area contributed by atoms with E-state index in [-0.39, 0.29) is 38.8 Å². The highest BCUT2D eigenvalue weighted by Gasteiger charge is 2.63. The number of nitrogens with zero attached hydrogens (tertiary/aromatic N) is 36. The van der Waals surface area contributed by atoms with Crippen LogP contribution >= 0.6 is 0 Å². The molecule has 2 N–H and O–H groups in total. The maximum absolute atomic E-state index is 15.6. The van der Waals surface area contributed by atoms with Crippen LogP contribution in [-0.2, 0) is 119 Å². The molecule has 36 atom stereocenters. The van der Waals surface area contributed by atoms with Crippen molar-refractivity contribution in [1.29, 1.82) is 0 Å². The molecule has 4 aliphatic heterocycles. The van der Waals surface area contributed by atoms with Gasteiger partial charge in [-0.2, -0.15) is 0 Å². The number of esters is 8. The molecule has 0 radical (unpaired) electrons. The maximum Gasteiger partial charge on any atom is 0.303 e. The average Bonchev–Trinajstić information content (AvgIpc) is 1.10. The first-order valence-corrected chi connectivity index (χ1v) is 40.9. The number of azide groups is 12. The Hall–Kier alpha value is -13.2. The van der Waals surface area contributed by atoms with Crippen molar-refractivity contribution in [3.05, 3.63) is 125 Å². The normalized spacial score (nSPS) is 35.9. The first-order chi connectivity index (χ1) is 64.1. The largest absolute Gasteiger partial charge is 0.459 e. The van der Waals surface area contributed by atoms with E-state index in [2.05, 4.69) is 120 Å². The van der Waals surface area contributed by atoms with Crippen LogP contribution < -0.4 is 0 Å². The van der Waals surface area contributed by atoms with Gasteiger partial charge in [-0.25, -0.2) is 17.6 Å². The number of carbonyl (C=O) groups is 8. The Morgan fingerprint density at radius 1 is 0.319 bits per heavy atom. The van der Waals surface area contributed by atoms with Gasteiger partial charge < -0.3 is 90.7 Å². The van der Waals surface area contributed by atoms with E-state index < -0.39 is 298 Å². The molecule has 736 valence electrons. The third-order valence-electron chi connectivity index (χ3n) is 22.4. The molecule has 8 aliphatic rings. The van der Waals surface area contributed by atoms with E-state index in [0.717, 1.165) is 62.3 Å². The number of alkyl halides is 4. The van der Waals surface area contributed by atoms with Crippen molar-refractivity contribution in [3.63, 3.8) is 0 Å². The van der Waals surface area contributed by atoms with Crippen LogP contribution in [0.5, 0.6) is 0 Å². The van der Waals surface area contributed by atoms with Crippen molar-refractivity contribution >= 4 is 47.8 Å². The van der Waals surface area contributed by atoms with E-state index in [9.17, 15) is 90.5 Å². The molecule has 67 heteroatoms. The summed E-state index contributed by atoms with van der Waals surface area (Å²) in [5, 5.41) is 63.4. The van der Waals surface area contributed by atoms with Crippen LogP contribution in [0.3, 0.4) is 0 Å². The quantitative estimate of drug-likeness (QED) is 0.0147. The number of rotatable bonds is 36. The first-order valence-electron chi connectivity index (χ1n) is 40.9. The van der Waals surface area contributed by atoms with Gasteiger partial charge in [-0.05, 0) is 105 Å². The summed E-state index contributed by atoms with van der Waals surface area (Å²) in [5.74, 6) is -19.0. The molecule has 1 unspecified atom stereocenters. The standard InChI is InChI=1S/C34H46F2N18O13.C19H28N6O9.C15H20F2N12O5/c1-7-20-28(63-21-8-17(10-43-49-37)25(59-13(3)55)29(61-15(5)57)24(21)48-54-42)31(62-16(6)58)33(64-20)67-30-26(60-14(4)56)18(45-51-39)9-19(46-52-40)27(30)66-32-23(47-53-41)12(2)34(35,36)22(65-32)11-44-50-38;1-5-12-16(18(19(29)34-12)32-10(4)28)33-13-6-11(7-22-24-20)15(30-8(2)26)17(31-9(3)27)14(13)23-25-21;1-5-10(25-29-21)14(33-9(4-22-26-18)15(5,16)17)34-13-8(24-28-20)3-7(23-27-19)12(11(13)31)32-6(2)30/h12,17-33H,7-11H2,1-6H3;11-19,29H,5-7H2,1-4H3;5,7-14,31H,3-4H2,1-2H3/t12-,17+,18-,19+,20-,21+,22-,23-,24+,25-,26+,27-,28-,29-,30-,31-,32-,33+;11-,12+,13-,14-,15+,16+,17+,18+,19?;5-,7-,8+,9-,10-,11-,12+,13-,14-/m101/s1. The Bertz CT molecular complexity index is 4810. The molecule has 0 aromatic carbocycles. The number of hydrogen-bond donors (Lipinski definition) is 2. The lowest BCUT2D eigenvalue weighted by atomic mass is 9.79. The molecular formula is C68H94F4N36O27. The van der Waals surface area contributed by atoms with E-state index in [4.69, 9.17) is 114 Å². The molecule has 63 nitrogen and oxygen atoms in total. The van der Waals surface area contributed by atoms with Crippen LogP contribution in [0.4, 0.5) is 17.6 Å². The Kier molecular flexibility index (Phi) is 42.9. The smallest absolute Gasteiger partial charge is 0.303 e. The van der Waals surface area contributed by atoms with E-state index >= 15 is 8.78 Å². The Morgan fingerprint density at radius 2 is 0.615 bits per heavy atom. The van der Waals surface area contributed by atoms with Crippen LogP contribution in [0.25, 0.3) is 125 Å². The molecule has 0 spiro atoms. The lowest BCUT2D eigenvalue weighted by molar-refractivity contribution is -0.324. The Labute approximate surface area is 757 Å². The third-order valence-corrected chi connectivity index (χ3v) is 22.4. The zero-order valence-electron chi connectivity index (χ0n) is 73.6. The molecule has 0 aromatic rings. The average molecular weight is 1920 g/mol. The van der Waals surface area contributed by atoms with Gasteiger partial charge in [0.15, 0.2) is 37.4 Å². The monoisotopic (exact) mass is 1920 g/mol. The fourth-order valence-corrected chi connectivity index (χ4v) is 16.7. The van der Waals surface area contributed by atoms with E-state index in [0.29, 0.717) is 6.42 Å². The van der Waals surface area contributed by atoms with Crippen molar-refractivity contribution in [2.45, 2.75) is 329 Å². The molecule has 135 heavy (non-hydrogen) atoms. The van der Waals surface area contributed by atoms with Crippen molar-refractivity contribution in [3.8, 4) is 0 Å². The number of carbonyl (C=O) groups excluding carboxylic acids is 8. The fourth-order valence-electron chi connectivity index (χ4n) is 16.7. The van der Waals surface area contributed by atoms with Crippen LogP contribution in [0.2, 0.25) is 0 Å². The molecule has 4 saturated heterocycles. The third kappa shape index (κ3) is 28.9. The van der Waals surface area contributed by atoms with Crippen LogP contribution in [-0.4, -0.2) is 292 Å². The van der Waals surface area contributed by atoms with E-state index in [1.807, 2.05) is 0 Å². The second kappa shape index (κ2) is 52.4. The van der Waals surface area contributed by atoms with Gasteiger partial charge in [-0.15, -0.1) is 0 Å². The van der Waals surface area contributed by atoms with Gasteiger partial charge in [0.2, 0.25) is 0 Å². The predicted octanol–water partition coefficient (Wildman–Crippen LogP) is 11.2. The second-order valence-electron chi connectivity index (χ2n) is 31.0. The van der Waals surface area contributed by atoms with Crippen molar-refractivity contribution in [2.24, 2.45) is 85.0 Å². The number of aliphatic hydroxyl groups excluding tert-OH is 2. The van der Waals surface area contributed by atoms with Gasteiger partial charge in [-0.3, -0.25) is 38.4 Å². The summed E-state index contributed by atoms with van der Waals surface area (Å²) in [6.45, 7) is 12.0. The van der Waals surface area contributed by atoms with E-state index in [1.165, 1.54) is 6.92 Å². The van der Waals surface area contributed by atoms with Gasteiger partial charge in [0.1, 0.15) is 85.3 Å². The molecular weight excluding hydrogens is 1830 g/mol. The number of halogens is 4. The highest BCUT2D eigenvalue weighted by molar-refractivity contribution is 5.69. The SMILES string of the molecule is CC(=O)O[C@@H]1[C@@H](O)[C@H](O[C@H]2O[C@H](CN=[N+]=[N-])C(F)(F)[C@H](C)[C@H]2N=[N+]=[N-])[C@@H](N=[N+]=[N-])C[C@H]1N=[N+]=[N-].CC[C@H]1OC(O)[C@H](OC(C)=O)[C@@H]1O[C@H]1C[C@@H](CN=[N+]=[N-])[C@@H](OC(C)=O)[C@H](OC(C)=O)[C@H]1N=[N+]=[N-].CC[C@H]1O[C@@H](O[C@@H]2[C@@H](OC(C)=O)[C@H](N=[N+]=[N-])C[C@H](N=[N+]=[N-])[C@H]2O[C@H]2O[C@H](CN=[N+]=[N-])C(F)(F)[C@H](C)[C@H]2N=[N+]=[N-])[C@H](OC(C)=O)[C@@H]1O[C@H]1C[C@@H](CN=[N+]=[N-])[C@@H](OC(C)=O)[C@H](OC(C)=O)[C@H]1N=[N+]=[N-]. The summed E-state index contributed by atoms with van der Waals surface area (Å²) in [7, 11) is 0. The van der Waals surface area contributed by atoms with Crippen molar-refractivity contribution in [2.75, 3.05) is 26.2 Å². The number of aliphatic hydroxyl groups is 2. The van der Waals surface area contributed by atoms with Gasteiger partial charge in [0.25, 0.3) is 11.8 Å². The zero-order chi connectivity index (χ0) is 100. The Balaban J connectivity index is 0.000000344. The minimum Gasteiger partial charge on any atom is -0.459 e. The van der Waals surface area contributed by atoms with Crippen molar-refractivity contribution in [1.82, 2.24) is 0 Å². The summed E-state index contributed by atoms with van der Waals surface area (Å²) in [4.78, 5) is 129. The summed E-state index contributed by atoms with van der Waals surface area (Å²) in [6, 6.07) is -11.3. The minimum absolute atomic E-state index is 0.0637. The minimum atomic E-state index is -3.77. The van der Waals surface area contributed by atoms with Crippen LogP contribution in [0.15, 0.2) is 61.4 Å². The van der Waals surface area contributed by atoms with Crippen molar-refractivity contribution < 1.29 is 147 Å². The lowest BCUT2D eigenvalue weighted by Crippen LogP contribution is -2.64. The molecule has 8 rings (SSSR count). The predicted molar refractivity (Wildman–Crippen MR) is 433 cm³/mol. The molecule has 0 aromatic heterocycles. The van der Waals surface area contributed by atoms with Crippen LogP contribution in [0.1, 0.15) is 122 Å². The number of ether oxygens (including phenoxy) is 17. The lowest BCUT2D eigenvalue weighted by Gasteiger charge is -2.48. The van der Waals surface area contributed by atoms with Gasteiger partial charge >= 0.3 is 47.8 Å². The molecule has 4 heterocycles. The molecule has 4 saturated carbocycles. The number of hydrogen-bond acceptors (Lipinski definition) is 39. The molecule has 8 fully saturated rings. The van der Waals surface area contributed by atoms with Gasteiger partial charge in [0, 0.05) is 151 Å². The molecule has 0 bridgehead atoms. The first kappa shape index (κ1) is 111. The summed E-state index contributed by atoms with van der Waals surface area (Å²) >= 11 is 0. The molecule has 0 amide bonds. The van der Waals surface area contributed by atoms with Crippen LogP contribution in [0, 0.1) is 23.7 Å². The van der Waals surface area contributed by atoms with E-state index in [1.54, 1.807) is 13.8 Å². The maximum atomic E-state index is 15.6. The van der Waals surface area contributed by atoms with Gasteiger partial charge in [-0.1, -0.05) is 89.1 Å². The highest BCUT2D eigenvalue weighted by Crippen LogP contribution is 2.48. The summed E-state index contributed by atoms with van der Waals surface area (Å²) < 4.78 is 158.